The summed E-state index contributed by atoms with van der Waals surface area (Å²) in [5.74, 6) is 0.340. The lowest BCUT2D eigenvalue weighted by Gasteiger charge is -2.36. The number of hydrogen-bond donors (Lipinski definition) is 3. The molecule has 3 N–H and O–H groups in total. The summed E-state index contributed by atoms with van der Waals surface area (Å²) in [6, 6.07) is 31.7. The first kappa shape index (κ1) is 39.7. The van der Waals surface area contributed by atoms with Crippen LogP contribution in [0.5, 0.6) is 11.5 Å². The van der Waals surface area contributed by atoms with E-state index in [-0.39, 0.29) is 36.4 Å². The number of piperidine rings is 1. The predicted octanol–water partition coefficient (Wildman–Crippen LogP) is 6.59. The Morgan fingerprint density at radius 2 is 1.52 bits per heavy atom. The summed E-state index contributed by atoms with van der Waals surface area (Å²) in [6.45, 7) is 7.92. The zero-order valence-electron chi connectivity index (χ0n) is 31.9. The van der Waals surface area contributed by atoms with Gasteiger partial charge >= 0.3 is 0 Å². The summed E-state index contributed by atoms with van der Waals surface area (Å²) >= 11 is 0. The van der Waals surface area contributed by atoms with E-state index in [1.54, 1.807) is 17.0 Å². The fraction of sp³-hybridized carbons (Fsp3) is 0.333. The first-order valence-electron chi connectivity index (χ1n) is 19.4. The van der Waals surface area contributed by atoms with Gasteiger partial charge in [0.15, 0.2) is 0 Å². The molecule has 3 aliphatic heterocycles. The van der Waals surface area contributed by atoms with Gasteiger partial charge in [0.25, 0.3) is 12.4 Å². The minimum Gasteiger partial charge on any atom is -0.508 e. The average Bonchev–Trinajstić information content (AvgIpc) is 3.54. The van der Waals surface area contributed by atoms with Crippen molar-refractivity contribution < 1.29 is 34.1 Å². The highest BCUT2D eigenvalue weighted by Crippen LogP contribution is 2.36. The molecule has 0 aliphatic carbocycles. The second kappa shape index (κ2) is 19.1. The van der Waals surface area contributed by atoms with Crippen molar-refractivity contribution in [3.8, 4) is 11.5 Å². The Bertz CT molecular complexity index is 2010. The van der Waals surface area contributed by atoms with Crippen molar-refractivity contribution in [2.75, 3.05) is 44.2 Å². The molecule has 1 atom stereocenters. The highest BCUT2D eigenvalue weighted by Gasteiger charge is 2.39. The van der Waals surface area contributed by atoms with Crippen LogP contribution in [0.1, 0.15) is 78.1 Å². The molecule has 0 saturated carbocycles. The summed E-state index contributed by atoms with van der Waals surface area (Å²) < 4.78 is 6.15. The Morgan fingerprint density at radius 1 is 0.839 bits per heavy atom. The highest BCUT2D eigenvalue weighted by molar-refractivity contribution is 6.05. The molecule has 0 aromatic heterocycles. The van der Waals surface area contributed by atoms with Gasteiger partial charge in [0.05, 0.1) is 6.61 Å². The van der Waals surface area contributed by atoms with Crippen molar-refractivity contribution in [2.45, 2.75) is 58.0 Å². The number of hydrogen-bond acceptors (Lipinski definition) is 8. The zero-order valence-corrected chi connectivity index (χ0v) is 31.9. The van der Waals surface area contributed by atoms with Crippen molar-refractivity contribution >= 4 is 41.0 Å². The van der Waals surface area contributed by atoms with E-state index in [4.69, 9.17) is 14.6 Å². The van der Waals surface area contributed by atoms with Crippen LogP contribution in [-0.2, 0) is 20.9 Å². The molecule has 0 spiro atoms. The SMILES string of the molecule is CCC(=C(c1ccc(O)cc1)c1ccc(OCCCCCN2CCN(c3ccc4c(c3)CN([C@H]3CCC(=O)NC3=O)C4=O)CC2)cc1)c1ccccc1.O=CO. The van der Waals surface area contributed by atoms with Crippen molar-refractivity contribution in [3.63, 3.8) is 0 Å². The third kappa shape index (κ3) is 9.64. The van der Waals surface area contributed by atoms with Crippen LogP contribution >= 0.6 is 0 Å². The number of phenolic OH excluding ortho intramolecular Hbond substituents is 1. The Kier molecular flexibility index (Phi) is 13.5. The van der Waals surface area contributed by atoms with Gasteiger partial charge in [-0.3, -0.25) is 29.4 Å². The van der Waals surface area contributed by atoms with Crippen LogP contribution in [-0.4, -0.2) is 89.6 Å². The number of amides is 3. The molecule has 0 radical (unpaired) electrons. The first-order chi connectivity index (χ1) is 27.3. The number of aromatic hydroxyl groups is 1. The molecule has 2 fully saturated rings. The lowest BCUT2D eigenvalue weighted by molar-refractivity contribution is -0.137. The summed E-state index contributed by atoms with van der Waals surface area (Å²) in [4.78, 5) is 51.9. The molecule has 11 nitrogen and oxygen atoms in total. The summed E-state index contributed by atoms with van der Waals surface area (Å²) in [5, 5.41) is 19.2. The van der Waals surface area contributed by atoms with E-state index in [1.807, 2.05) is 30.3 Å². The van der Waals surface area contributed by atoms with E-state index >= 15 is 0 Å². The molecule has 4 aromatic rings. The van der Waals surface area contributed by atoms with Crippen molar-refractivity contribution in [2.24, 2.45) is 0 Å². The van der Waals surface area contributed by atoms with Gasteiger partial charge < -0.3 is 24.7 Å². The largest absolute Gasteiger partial charge is 0.508 e. The number of carbonyl (C=O) groups is 4. The number of benzene rings is 4. The molecule has 3 amide bonds. The molecular weight excluding hydrogens is 709 g/mol. The molecule has 3 aliphatic rings. The number of imide groups is 1. The Labute approximate surface area is 328 Å². The summed E-state index contributed by atoms with van der Waals surface area (Å²) in [5.41, 5.74) is 8.51. The van der Waals surface area contributed by atoms with Crippen LogP contribution in [0, 0.1) is 0 Å². The minimum absolute atomic E-state index is 0.132. The van der Waals surface area contributed by atoms with E-state index in [9.17, 15) is 19.5 Å². The highest BCUT2D eigenvalue weighted by atomic mass is 16.5. The maximum absolute atomic E-state index is 13.1. The Balaban J connectivity index is 0.00000172. The maximum Gasteiger partial charge on any atom is 0.290 e. The standard InChI is InChI=1S/C44H48N4O5.CH2O2/c1-2-38(31-9-5-3-6-10-31)42(32-11-16-36(49)17-12-32)33-13-18-37(19-14-33)53-28-8-4-7-23-46-24-26-47(27-25-46)35-15-20-39-34(29-35)30-48(44(39)52)40-21-22-41(50)45-43(40)51;2-1-3/h3,5-6,9-20,29,40,49H,2,4,7-8,21-28,30H2,1H3,(H,45,50,51);1H,(H,2,3)/t40-;/m0./s1. The van der Waals surface area contributed by atoms with Gasteiger partial charge in [0.2, 0.25) is 11.8 Å². The molecular formula is C45H50N4O7. The fourth-order valence-corrected chi connectivity index (χ4v) is 7.82. The number of allylic oxidation sites excluding steroid dienone is 1. The number of unbranched alkanes of at least 4 members (excludes halogenated alkanes) is 2. The van der Waals surface area contributed by atoms with Crippen LogP contribution < -0.4 is 15.0 Å². The number of carbonyl (C=O) groups excluding carboxylic acids is 3. The van der Waals surface area contributed by atoms with E-state index in [0.29, 0.717) is 25.1 Å². The smallest absolute Gasteiger partial charge is 0.290 e. The van der Waals surface area contributed by atoms with Crippen molar-refractivity contribution in [1.29, 1.82) is 0 Å². The monoisotopic (exact) mass is 758 g/mol. The fourth-order valence-electron chi connectivity index (χ4n) is 7.82. The van der Waals surface area contributed by atoms with Gasteiger partial charge in [0.1, 0.15) is 17.5 Å². The van der Waals surface area contributed by atoms with Gasteiger partial charge in [0, 0.05) is 50.4 Å². The van der Waals surface area contributed by atoms with E-state index in [2.05, 4.69) is 76.6 Å². The Morgan fingerprint density at radius 3 is 2.18 bits per heavy atom. The lowest BCUT2D eigenvalue weighted by atomic mass is 9.88. The van der Waals surface area contributed by atoms with Gasteiger partial charge in [-0.15, -0.1) is 0 Å². The average molecular weight is 759 g/mol. The van der Waals surface area contributed by atoms with Gasteiger partial charge in [-0.2, -0.15) is 0 Å². The number of piperazine rings is 1. The molecule has 2 saturated heterocycles. The molecule has 4 aromatic carbocycles. The van der Waals surface area contributed by atoms with Crippen LogP contribution in [0.25, 0.3) is 11.1 Å². The van der Waals surface area contributed by atoms with E-state index in [1.165, 1.54) is 11.1 Å². The van der Waals surface area contributed by atoms with Crippen LogP contribution in [0.4, 0.5) is 5.69 Å². The van der Waals surface area contributed by atoms with Crippen LogP contribution in [0.15, 0.2) is 97.1 Å². The molecule has 7 rings (SSSR count). The van der Waals surface area contributed by atoms with Crippen molar-refractivity contribution in [1.82, 2.24) is 15.1 Å². The van der Waals surface area contributed by atoms with Gasteiger partial charge in [-0.05, 0) is 115 Å². The molecule has 56 heavy (non-hydrogen) atoms. The number of fused-ring (bicyclic) bond motifs is 1. The first-order valence-corrected chi connectivity index (χ1v) is 19.4. The number of phenols is 1. The molecule has 11 heteroatoms. The number of nitrogens with zero attached hydrogens (tertiary/aromatic N) is 3. The summed E-state index contributed by atoms with van der Waals surface area (Å²) in [6.07, 6.45) is 4.73. The quantitative estimate of drug-likeness (QED) is 0.0596. The lowest BCUT2D eigenvalue weighted by Crippen LogP contribution is -2.52. The summed E-state index contributed by atoms with van der Waals surface area (Å²) in [7, 11) is 0. The predicted molar refractivity (Wildman–Crippen MR) is 216 cm³/mol. The number of ether oxygens (including phenoxy) is 1. The van der Waals surface area contributed by atoms with E-state index in [0.717, 1.165) is 92.1 Å². The Hall–Kier alpha value is -5.94. The topological polar surface area (TPSA) is 140 Å². The number of rotatable bonds is 13. The molecule has 292 valence electrons. The normalized spacial score (nSPS) is 17.4. The minimum atomic E-state index is -0.591. The molecule has 0 unspecified atom stereocenters. The van der Waals surface area contributed by atoms with Crippen molar-refractivity contribution in [3.05, 3.63) is 125 Å². The third-order valence-corrected chi connectivity index (χ3v) is 10.7. The van der Waals surface area contributed by atoms with Crippen LogP contribution in [0.3, 0.4) is 0 Å². The van der Waals surface area contributed by atoms with E-state index < -0.39 is 6.04 Å². The zero-order chi connectivity index (χ0) is 39.4. The second-order valence-corrected chi connectivity index (χ2v) is 14.2. The number of anilines is 1. The maximum atomic E-state index is 13.1. The number of nitrogens with one attached hydrogen (secondary N) is 1. The van der Waals surface area contributed by atoms with Crippen LogP contribution in [0.2, 0.25) is 0 Å². The third-order valence-electron chi connectivity index (χ3n) is 10.7. The van der Waals surface area contributed by atoms with Gasteiger partial charge in [-0.1, -0.05) is 61.5 Å². The molecule has 3 heterocycles. The molecule has 0 bridgehead atoms. The second-order valence-electron chi connectivity index (χ2n) is 14.2. The van der Waals surface area contributed by atoms with Gasteiger partial charge in [-0.25, -0.2) is 0 Å². The number of carboxylic acid groups (broad SMARTS) is 1.